The van der Waals surface area contributed by atoms with Gasteiger partial charge in [-0.15, -0.1) is 0 Å². The number of anilines is 1. The number of rotatable bonds is 4. The van der Waals surface area contributed by atoms with Gasteiger partial charge in [0.15, 0.2) is 0 Å². The standard InChI is InChI=1S/C14H22N2/c1-15-13-9-7-12(8-10-13)14(16-2)11-5-3-4-6-11/h7-11,14-16H,3-6H2,1-2H3. The van der Waals surface area contributed by atoms with Gasteiger partial charge < -0.3 is 10.6 Å². The summed E-state index contributed by atoms with van der Waals surface area (Å²) in [4.78, 5) is 0. The third-order valence-electron chi connectivity index (χ3n) is 3.74. The average Bonchev–Trinajstić information content (AvgIpc) is 2.85. The van der Waals surface area contributed by atoms with E-state index in [1.807, 2.05) is 7.05 Å². The predicted molar refractivity (Wildman–Crippen MR) is 69.7 cm³/mol. The van der Waals surface area contributed by atoms with Crippen molar-refractivity contribution in [3.63, 3.8) is 0 Å². The predicted octanol–water partition coefficient (Wildman–Crippen LogP) is 3.18. The second-order valence-electron chi connectivity index (χ2n) is 4.68. The lowest BCUT2D eigenvalue weighted by molar-refractivity contribution is 0.390. The molecule has 1 aliphatic carbocycles. The van der Waals surface area contributed by atoms with Gasteiger partial charge in [-0.25, -0.2) is 0 Å². The van der Waals surface area contributed by atoms with Crippen LogP contribution in [0.15, 0.2) is 24.3 Å². The summed E-state index contributed by atoms with van der Waals surface area (Å²) in [5.74, 6) is 0.824. The Balaban J connectivity index is 2.12. The van der Waals surface area contributed by atoms with E-state index in [0.717, 1.165) is 5.92 Å². The molecule has 2 rings (SSSR count). The Morgan fingerprint density at radius 3 is 2.19 bits per heavy atom. The molecule has 1 fully saturated rings. The minimum absolute atomic E-state index is 0.536. The maximum Gasteiger partial charge on any atom is 0.0346 e. The smallest absolute Gasteiger partial charge is 0.0346 e. The quantitative estimate of drug-likeness (QED) is 0.811. The highest BCUT2D eigenvalue weighted by Gasteiger charge is 2.24. The van der Waals surface area contributed by atoms with E-state index in [-0.39, 0.29) is 0 Å². The summed E-state index contributed by atoms with van der Waals surface area (Å²) in [7, 11) is 4.04. The van der Waals surface area contributed by atoms with Crippen LogP contribution in [0.3, 0.4) is 0 Å². The Kier molecular flexibility index (Phi) is 3.83. The van der Waals surface area contributed by atoms with Gasteiger partial charge in [0, 0.05) is 18.8 Å². The molecule has 88 valence electrons. The Morgan fingerprint density at radius 1 is 1.06 bits per heavy atom. The fourth-order valence-corrected chi connectivity index (χ4v) is 2.82. The minimum Gasteiger partial charge on any atom is -0.388 e. The van der Waals surface area contributed by atoms with Gasteiger partial charge in [-0.05, 0) is 43.5 Å². The van der Waals surface area contributed by atoms with E-state index < -0.39 is 0 Å². The highest BCUT2D eigenvalue weighted by Crippen LogP contribution is 2.35. The SMILES string of the molecule is CNc1ccc(C(NC)C2CCCC2)cc1. The van der Waals surface area contributed by atoms with Crippen LogP contribution >= 0.6 is 0 Å². The normalized spacial score (nSPS) is 18.6. The highest BCUT2D eigenvalue weighted by molar-refractivity contribution is 5.44. The zero-order valence-electron chi connectivity index (χ0n) is 10.3. The first-order valence-corrected chi connectivity index (χ1v) is 6.30. The molecule has 0 amide bonds. The Bertz CT molecular complexity index is 312. The Morgan fingerprint density at radius 2 is 1.69 bits per heavy atom. The molecule has 0 bridgehead atoms. The van der Waals surface area contributed by atoms with Gasteiger partial charge in [0.2, 0.25) is 0 Å². The van der Waals surface area contributed by atoms with Crippen molar-refractivity contribution >= 4 is 5.69 Å². The van der Waals surface area contributed by atoms with Gasteiger partial charge >= 0.3 is 0 Å². The first-order valence-electron chi connectivity index (χ1n) is 6.30. The van der Waals surface area contributed by atoms with Crippen molar-refractivity contribution in [1.82, 2.24) is 5.32 Å². The topological polar surface area (TPSA) is 24.1 Å². The van der Waals surface area contributed by atoms with Crippen LogP contribution in [0.2, 0.25) is 0 Å². The Hall–Kier alpha value is -1.02. The van der Waals surface area contributed by atoms with Crippen molar-refractivity contribution in [3.8, 4) is 0 Å². The van der Waals surface area contributed by atoms with Crippen LogP contribution in [-0.2, 0) is 0 Å². The summed E-state index contributed by atoms with van der Waals surface area (Å²) in [6.07, 6.45) is 5.55. The van der Waals surface area contributed by atoms with Crippen molar-refractivity contribution in [3.05, 3.63) is 29.8 Å². The lowest BCUT2D eigenvalue weighted by atomic mass is 9.92. The summed E-state index contributed by atoms with van der Waals surface area (Å²) in [6, 6.07) is 9.34. The van der Waals surface area contributed by atoms with Crippen molar-refractivity contribution in [1.29, 1.82) is 0 Å². The summed E-state index contributed by atoms with van der Waals surface area (Å²) >= 11 is 0. The first kappa shape index (κ1) is 11.5. The van der Waals surface area contributed by atoms with Gasteiger partial charge in [-0.3, -0.25) is 0 Å². The van der Waals surface area contributed by atoms with E-state index in [0.29, 0.717) is 6.04 Å². The number of nitrogens with one attached hydrogen (secondary N) is 2. The fourth-order valence-electron chi connectivity index (χ4n) is 2.82. The second-order valence-corrected chi connectivity index (χ2v) is 4.68. The summed E-state index contributed by atoms with van der Waals surface area (Å²) in [6.45, 7) is 0. The molecule has 1 saturated carbocycles. The van der Waals surface area contributed by atoms with Crippen molar-refractivity contribution in [2.24, 2.45) is 5.92 Å². The van der Waals surface area contributed by atoms with Crippen molar-refractivity contribution in [2.75, 3.05) is 19.4 Å². The molecule has 0 saturated heterocycles. The molecule has 0 aliphatic heterocycles. The fraction of sp³-hybridized carbons (Fsp3) is 0.571. The van der Waals surface area contributed by atoms with Gasteiger partial charge in [0.25, 0.3) is 0 Å². The lowest BCUT2D eigenvalue weighted by Gasteiger charge is -2.23. The molecule has 1 aromatic carbocycles. The molecule has 1 atom stereocenters. The first-order chi connectivity index (χ1) is 7.85. The van der Waals surface area contributed by atoms with Crippen molar-refractivity contribution in [2.45, 2.75) is 31.7 Å². The lowest BCUT2D eigenvalue weighted by Crippen LogP contribution is -2.23. The number of hydrogen-bond acceptors (Lipinski definition) is 2. The van der Waals surface area contributed by atoms with Gasteiger partial charge in [0.1, 0.15) is 0 Å². The molecule has 16 heavy (non-hydrogen) atoms. The van der Waals surface area contributed by atoms with Crippen LogP contribution in [0.5, 0.6) is 0 Å². The van der Waals surface area contributed by atoms with E-state index in [9.17, 15) is 0 Å². The molecule has 1 unspecified atom stereocenters. The minimum atomic E-state index is 0.536. The van der Waals surface area contributed by atoms with Crippen LogP contribution in [0.25, 0.3) is 0 Å². The van der Waals surface area contributed by atoms with Crippen LogP contribution in [0.1, 0.15) is 37.3 Å². The van der Waals surface area contributed by atoms with Crippen LogP contribution < -0.4 is 10.6 Å². The second kappa shape index (κ2) is 5.35. The van der Waals surface area contributed by atoms with Gasteiger partial charge in [-0.1, -0.05) is 25.0 Å². The molecule has 0 heterocycles. The van der Waals surface area contributed by atoms with E-state index in [1.54, 1.807) is 0 Å². The van der Waals surface area contributed by atoms with Crippen LogP contribution in [0, 0.1) is 5.92 Å². The van der Waals surface area contributed by atoms with Crippen LogP contribution in [-0.4, -0.2) is 14.1 Å². The molecule has 0 aromatic heterocycles. The zero-order valence-corrected chi connectivity index (χ0v) is 10.3. The van der Waals surface area contributed by atoms with Crippen molar-refractivity contribution < 1.29 is 0 Å². The van der Waals surface area contributed by atoms with Gasteiger partial charge in [0.05, 0.1) is 0 Å². The highest BCUT2D eigenvalue weighted by atomic mass is 14.9. The maximum absolute atomic E-state index is 3.48. The molecule has 1 aliphatic rings. The molecule has 2 nitrogen and oxygen atoms in total. The van der Waals surface area contributed by atoms with E-state index in [1.165, 1.54) is 36.9 Å². The van der Waals surface area contributed by atoms with Crippen LogP contribution in [0.4, 0.5) is 5.69 Å². The maximum atomic E-state index is 3.48. The number of benzene rings is 1. The summed E-state index contributed by atoms with van der Waals surface area (Å²) < 4.78 is 0. The summed E-state index contributed by atoms with van der Waals surface area (Å²) in [5.41, 5.74) is 2.61. The van der Waals surface area contributed by atoms with Gasteiger partial charge in [-0.2, -0.15) is 0 Å². The molecular formula is C14H22N2. The number of hydrogen-bond donors (Lipinski definition) is 2. The largest absolute Gasteiger partial charge is 0.388 e. The van der Waals surface area contributed by atoms with E-state index in [2.05, 4.69) is 41.9 Å². The van der Waals surface area contributed by atoms with E-state index >= 15 is 0 Å². The zero-order chi connectivity index (χ0) is 11.4. The molecular weight excluding hydrogens is 196 g/mol. The third kappa shape index (κ3) is 2.38. The molecule has 0 spiro atoms. The molecule has 2 N–H and O–H groups in total. The summed E-state index contributed by atoms with van der Waals surface area (Å²) in [5, 5.41) is 6.64. The molecule has 1 aromatic rings. The van der Waals surface area contributed by atoms with E-state index in [4.69, 9.17) is 0 Å². The molecule has 0 radical (unpaired) electrons. The molecule has 2 heteroatoms. The Labute approximate surface area is 98.4 Å². The average molecular weight is 218 g/mol. The monoisotopic (exact) mass is 218 g/mol. The third-order valence-corrected chi connectivity index (χ3v) is 3.74.